The van der Waals surface area contributed by atoms with Gasteiger partial charge in [-0.05, 0) is 39.1 Å². The van der Waals surface area contributed by atoms with Crippen LogP contribution in [-0.2, 0) is 4.79 Å². The molecule has 2 N–H and O–H groups in total. The quantitative estimate of drug-likeness (QED) is 0.740. The molecule has 0 heterocycles. The van der Waals surface area contributed by atoms with Gasteiger partial charge in [-0.3, -0.25) is 4.79 Å². The number of carbonyl (C=O) groups is 1. The number of nitrogens with one attached hydrogen (secondary N) is 2. The van der Waals surface area contributed by atoms with Crippen LogP contribution in [0.1, 0.15) is 12.0 Å². The molecule has 1 rings (SSSR count). The van der Waals surface area contributed by atoms with Gasteiger partial charge in [0.25, 0.3) is 5.91 Å². The van der Waals surface area contributed by atoms with Gasteiger partial charge in [0.05, 0.1) is 0 Å². The Morgan fingerprint density at radius 2 is 1.89 bits per heavy atom. The Kier molecular flexibility index (Phi) is 9.06. The molecule has 0 spiro atoms. The number of benzene rings is 1. The maximum Gasteiger partial charge on any atom is 0.257 e. The zero-order chi connectivity index (χ0) is 12.5. The lowest BCUT2D eigenvalue weighted by molar-refractivity contribution is -0.123. The molecule has 0 bridgehead atoms. The third kappa shape index (κ3) is 7.14. The smallest absolute Gasteiger partial charge is 0.257 e. The summed E-state index contributed by atoms with van der Waals surface area (Å²) in [5.74, 6) is 0.641. The summed E-state index contributed by atoms with van der Waals surface area (Å²) in [4.78, 5) is 11.4. The van der Waals surface area contributed by atoms with Gasteiger partial charge in [0.15, 0.2) is 6.61 Å². The van der Waals surface area contributed by atoms with Crippen LogP contribution in [0.4, 0.5) is 0 Å². The van der Waals surface area contributed by atoms with Gasteiger partial charge in [0.2, 0.25) is 0 Å². The maximum atomic E-state index is 11.4. The lowest BCUT2D eigenvalue weighted by Gasteiger charge is -2.07. The van der Waals surface area contributed by atoms with Crippen molar-refractivity contribution in [2.45, 2.75) is 13.3 Å². The predicted octanol–water partition coefficient (Wildman–Crippen LogP) is 1.52. The molecular weight excluding hydrogens is 252 g/mol. The second-order valence-electron chi connectivity index (χ2n) is 3.91. The molecule has 0 aliphatic heterocycles. The summed E-state index contributed by atoms with van der Waals surface area (Å²) in [6, 6.07) is 7.65. The van der Waals surface area contributed by atoms with E-state index >= 15 is 0 Å². The number of hydrogen-bond acceptors (Lipinski definition) is 3. The summed E-state index contributed by atoms with van der Waals surface area (Å²) in [6.07, 6.45) is 0.923. The third-order valence-corrected chi connectivity index (χ3v) is 2.32. The Morgan fingerprint density at radius 1 is 1.22 bits per heavy atom. The third-order valence-electron chi connectivity index (χ3n) is 2.32. The highest BCUT2D eigenvalue weighted by Gasteiger charge is 2.01. The molecule has 5 heteroatoms. The fourth-order valence-electron chi connectivity index (χ4n) is 1.33. The minimum absolute atomic E-state index is 0. The number of hydrogen-bond donors (Lipinski definition) is 2. The average molecular weight is 273 g/mol. The largest absolute Gasteiger partial charge is 0.484 e. The van der Waals surface area contributed by atoms with Crippen LogP contribution in [0, 0.1) is 6.92 Å². The molecule has 18 heavy (non-hydrogen) atoms. The second kappa shape index (κ2) is 9.74. The first-order valence-electron chi connectivity index (χ1n) is 5.83. The van der Waals surface area contributed by atoms with Crippen molar-refractivity contribution in [1.29, 1.82) is 0 Å². The van der Waals surface area contributed by atoms with E-state index in [4.69, 9.17) is 4.74 Å². The highest BCUT2D eigenvalue weighted by atomic mass is 35.5. The molecule has 0 radical (unpaired) electrons. The van der Waals surface area contributed by atoms with Crippen LogP contribution in [0.25, 0.3) is 0 Å². The van der Waals surface area contributed by atoms with E-state index in [1.165, 1.54) is 5.56 Å². The van der Waals surface area contributed by atoms with Crippen molar-refractivity contribution in [1.82, 2.24) is 10.6 Å². The minimum atomic E-state index is -0.0818. The van der Waals surface area contributed by atoms with Gasteiger partial charge in [-0.1, -0.05) is 17.7 Å². The zero-order valence-corrected chi connectivity index (χ0v) is 11.7. The molecule has 4 nitrogen and oxygen atoms in total. The Hall–Kier alpha value is -1.26. The molecule has 0 aliphatic carbocycles. The average Bonchev–Trinajstić information content (AvgIpc) is 2.34. The van der Waals surface area contributed by atoms with E-state index in [2.05, 4.69) is 10.6 Å². The molecule has 0 atom stereocenters. The van der Waals surface area contributed by atoms with Gasteiger partial charge in [0.1, 0.15) is 5.75 Å². The fraction of sp³-hybridized carbons (Fsp3) is 0.462. The van der Waals surface area contributed by atoms with Crippen LogP contribution in [-0.4, -0.2) is 32.7 Å². The fourth-order valence-corrected chi connectivity index (χ4v) is 1.33. The molecule has 0 aliphatic rings. The van der Waals surface area contributed by atoms with E-state index in [-0.39, 0.29) is 24.9 Å². The van der Waals surface area contributed by atoms with Gasteiger partial charge in [-0.15, -0.1) is 12.4 Å². The van der Waals surface area contributed by atoms with E-state index in [1.807, 2.05) is 38.2 Å². The monoisotopic (exact) mass is 272 g/mol. The van der Waals surface area contributed by atoms with Crippen LogP contribution in [0.3, 0.4) is 0 Å². The van der Waals surface area contributed by atoms with Crippen molar-refractivity contribution in [3.05, 3.63) is 29.8 Å². The van der Waals surface area contributed by atoms with Crippen molar-refractivity contribution in [2.75, 3.05) is 26.7 Å². The van der Waals surface area contributed by atoms with Gasteiger partial charge in [-0.25, -0.2) is 0 Å². The van der Waals surface area contributed by atoms with Gasteiger partial charge < -0.3 is 15.4 Å². The Bertz CT molecular complexity index is 341. The predicted molar refractivity (Wildman–Crippen MR) is 75.5 cm³/mol. The minimum Gasteiger partial charge on any atom is -0.484 e. The number of aryl methyl sites for hydroxylation is 1. The summed E-state index contributed by atoms with van der Waals surface area (Å²) in [5.41, 5.74) is 1.17. The van der Waals surface area contributed by atoms with Crippen molar-refractivity contribution >= 4 is 18.3 Å². The molecule has 1 aromatic carbocycles. The van der Waals surface area contributed by atoms with Gasteiger partial charge in [-0.2, -0.15) is 0 Å². The van der Waals surface area contributed by atoms with Crippen LogP contribution < -0.4 is 15.4 Å². The lowest BCUT2D eigenvalue weighted by Crippen LogP contribution is -2.30. The molecule has 1 aromatic rings. The van der Waals surface area contributed by atoms with E-state index in [9.17, 15) is 4.79 Å². The van der Waals surface area contributed by atoms with Crippen molar-refractivity contribution in [3.8, 4) is 5.75 Å². The number of ether oxygens (including phenoxy) is 1. The highest BCUT2D eigenvalue weighted by molar-refractivity contribution is 5.85. The normalized spacial score (nSPS) is 9.44. The van der Waals surface area contributed by atoms with E-state index < -0.39 is 0 Å². The van der Waals surface area contributed by atoms with E-state index in [1.54, 1.807) is 0 Å². The van der Waals surface area contributed by atoms with E-state index in [0.29, 0.717) is 6.54 Å². The molecular formula is C13H21ClN2O2. The summed E-state index contributed by atoms with van der Waals surface area (Å²) in [6.45, 7) is 3.66. The molecule has 0 unspecified atom stereocenters. The summed E-state index contributed by atoms with van der Waals surface area (Å²) in [5, 5.41) is 5.82. The van der Waals surface area contributed by atoms with Crippen molar-refractivity contribution in [2.24, 2.45) is 0 Å². The molecule has 0 aromatic heterocycles. The van der Waals surface area contributed by atoms with Gasteiger partial charge in [0, 0.05) is 6.54 Å². The first kappa shape index (κ1) is 16.7. The lowest BCUT2D eigenvalue weighted by atomic mass is 10.2. The van der Waals surface area contributed by atoms with Crippen LogP contribution in [0.5, 0.6) is 5.75 Å². The number of carbonyl (C=O) groups excluding carboxylic acids is 1. The molecule has 0 fully saturated rings. The molecule has 1 amide bonds. The summed E-state index contributed by atoms with van der Waals surface area (Å²) >= 11 is 0. The van der Waals surface area contributed by atoms with Crippen LogP contribution >= 0.6 is 12.4 Å². The van der Waals surface area contributed by atoms with E-state index in [0.717, 1.165) is 18.7 Å². The van der Waals surface area contributed by atoms with Crippen LogP contribution in [0.2, 0.25) is 0 Å². The van der Waals surface area contributed by atoms with Gasteiger partial charge >= 0.3 is 0 Å². The standard InChI is InChI=1S/C13H20N2O2.ClH/c1-11-4-6-12(7-5-11)17-10-13(16)15-9-3-8-14-2;/h4-7,14H,3,8-10H2,1-2H3,(H,15,16);1H. The molecule has 102 valence electrons. The number of rotatable bonds is 7. The van der Waals surface area contributed by atoms with Crippen molar-refractivity contribution in [3.63, 3.8) is 0 Å². The first-order valence-corrected chi connectivity index (χ1v) is 5.83. The highest BCUT2D eigenvalue weighted by Crippen LogP contribution is 2.10. The Morgan fingerprint density at radius 3 is 2.50 bits per heavy atom. The summed E-state index contributed by atoms with van der Waals surface area (Å²) in [7, 11) is 1.89. The Labute approximate surface area is 115 Å². The maximum absolute atomic E-state index is 11.4. The van der Waals surface area contributed by atoms with Crippen LogP contribution in [0.15, 0.2) is 24.3 Å². The zero-order valence-electron chi connectivity index (χ0n) is 10.9. The molecule has 0 saturated heterocycles. The second-order valence-corrected chi connectivity index (χ2v) is 3.91. The Balaban J connectivity index is 0.00000289. The summed E-state index contributed by atoms with van der Waals surface area (Å²) < 4.78 is 5.35. The topological polar surface area (TPSA) is 50.4 Å². The van der Waals surface area contributed by atoms with Crippen molar-refractivity contribution < 1.29 is 9.53 Å². The first-order chi connectivity index (χ1) is 8.22. The number of amides is 1. The molecule has 0 saturated carbocycles. The number of halogens is 1. The SMILES string of the molecule is CNCCCNC(=O)COc1ccc(C)cc1.Cl.